The zero-order chi connectivity index (χ0) is 13.8. The summed E-state index contributed by atoms with van der Waals surface area (Å²) in [4.78, 5) is 2.53. The van der Waals surface area contributed by atoms with Crippen molar-refractivity contribution in [3.63, 3.8) is 0 Å². The second kappa shape index (κ2) is 6.53. The Kier molecular flexibility index (Phi) is 5.00. The molecule has 1 aromatic carbocycles. The van der Waals surface area contributed by atoms with Crippen LogP contribution in [0.2, 0.25) is 0 Å². The van der Waals surface area contributed by atoms with Crippen molar-refractivity contribution in [2.45, 2.75) is 58.0 Å². The van der Waals surface area contributed by atoms with Crippen LogP contribution in [-0.4, -0.2) is 24.0 Å². The summed E-state index contributed by atoms with van der Waals surface area (Å²) in [6.07, 6.45) is 3.89. The van der Waals surface area contributed by atoms with Gasteiger partial charge in [-0.25, -0.2) is 0 Å². The highest BCUT2D eigenvalue weighted by atomic mass is 15.2. The average molecular weight is 260 g/mol. The van der Waals surface area contributed by atoms with Crippen molar-refractivity contribution >= 4 is 0 Å². The Hall–Kier alpha value is -0.860. The molecule has 0 radical (unpaired) electrons. The van der Waals surface area contributed by atoms with E-state index in [0.29, 0.717) is 18.6 Å². The van der Waals surface area contributed by atoms with Gasteiger partial charge >= 0.3 is 0 Å². The van der Waals surface area contributed by atoms with Gasteiger partial charge < -0.3 is 5.73 Å². The lowest BCUT2D eigenvalue weighted by molar-refractivity contribution is 0.152. The second-order valence-corrected chi connectivity index (χ2v) is 5.78. The van der Waals surface area contributed by atoms with Crippen LogP contribution >= 0.6 is 0 Å². The third-order valence-corrected chi connectivity index (χ3v) is 4.49. The third kappa shape index (κ3) is 3.37. The lowest BCUT2D eigenvalue weighted by Gasteiger charge is -2.35. The van der Waals surface area contributed by atoms with E-state index in [1.807, 2.05) is 0 Å². The summed E-state index contributed by atoms with van der Waals surface area (Å²) in [5, 5.41) is 0. The fraction of sp³-hybridized carbons (Fsp3) is 0.647. The van der Waals surface area contributed by atoms with Crippen molar-refractivity contribution in [2.24, 2.45) is 5.73 Å². The van der Waals surface area contributed by atoms with Gasteiger partial charge in [-0.05, 0) is 49.8 Å². The van der Waals surface area contributed by atoms with Gasteiger partial charge in [-0.15, -0.1) is 0 Å². The maximum atomic E-state index is 6.07. The number of hydrogen-bond acceptors (Lipinski definition) is 2. The first-order chi connectivity index (χ1) is 9.21. The molecule has 2 unspecified atom stereocenters. The van der Waals surface area contributed by atoms with E-state index in [1.165, 1.54) is 30.4 Å². The van der Waals surface area contributed by atoms with Crippen LogP contribution in [0.5, 0.6) is 0 Å². The predicted octanol–water partition coefficient (Wildman–Crippen LogP) is 3.68. The highest BCUT2D eigenvalue weighted by Gasteiger charge is 2.26. The van der Waals surface area contributed by atoms with Crippen molar-refractivity contribution in [2.75, 3.05) is 13.1 Å². The SMILES string of the molecule is CCC(C)N(CC)C(CN)c1cccc(C2CC2)c1. The van der Waals surface area contributed by atoms with E-state index in [9.17, 15) is 0 Å². The molecule has 0 bridgehead atoms. The minimum Gasteiger partial charge on any atom is -0.329 e. The summed E-state index contributed by atoms with van der Waals surface area (Å²) in [6.45, 7) is 8.55. The zero-order valence-electron chi connectivity index (χ0n) is 12.6. The van der Waals surface area contributed by atoms with Crippen molar-refractivity contribution in [3.05, 3.63) is 35.4 Å². The Morgan fingerprint density at radius 3 is 2.58 bits per heavy atom. The van der Waals surface area contributed by atoms with Gasteiger partial charge in [0.05, 0.1) is 0 Å². The standard InChI is InChI=1S/C17H28N2/c1-4-13(3)19(5-2)17(12-18)16-8-6-7-15(11-16)14-9-10-14/h6-8,11,13-14,17H,4-5,9-10,12,18H2,1-3H3. The lowest BCUT2D eigenvalue weighted by atomic mass is 9.99. The second-order valence-electron chi connectivity index (χ2n) is 5.78. The van der Waals surface area contributed by atoms with E-state index < -0.39 is 0 Å². The van der Waals surface area contributed by atoms with Crippen molar-refractivity contribution < 1.29 is 0 Å². The van der Waals surface area contributed by atoms with Gasteiger partial charge in [-0.3, -0.25) is 4.90 Å². The molecule has 2 nitrogen and oxygen atoms in total. The van der Waals surface area contributed by atoms with Crippen LogP contribution in [0.3, 0.4) is 0 Å². The normalized spacial score (nSPS) is 18.6. The van der Waals surface area contributed by atoms with Crippen molar-refractivity contribution in [1.82, 2.24) is 4.90 Å². The van der Waals surface area contributed by atoms with E-state index in [4.69, 9.17) is 5.73 Å². The van der Waals surface area contributed by atoms with E-state index in [2.05, 4.69) is 49.9 Å². The molecular formula is C17H28N2. The molecule has 2 N–H and O–H groups in total. The Morgan fingerprint density at radius 2 is 2.05 bits per heavy atom. The Morgan fingerprint density at radius 1 is 1.32 bits per heavy atom. The van der Waals surface area contributed by atoms with Crippen molar-refractivity contribution in [3.8, 4) is 0 Å². The van der Waals surface area contributed by atoms with Gasteiger partial charge in [-0.1, -0.05) is 38.1 Å². The van der Waals surface area contributed by atoms with Crippen LogP contribution in [-0.2, 0) is 0 Å². The fourth-order valence-corrected chi connectivity index (χ4v) is 2.97. The molecule has 0 spiro atoms. The molecule has 106 valence electrons. The molecule has 0 heterocycles. The zero-order valence-corrected chi connectivity index (χ0v) is 12.6. The fourth-order valence-electron chi connectivity index (χ4n) is 2.97. The highest BCUT2D eigenvalue weighted by molar-refractivity contribution is 5.31. The number of likely N-dealkylation sites (N-methyl/N-ethyl adjacent to an activating group) is 1. The Bertz CT molecular complexity index is 398. The number of rotatable bonds is 7. The van der Waals surface area contributed by atoms with Crippen molar-refractivity contribution in [1.29, 1.82) is 0 Å². The maximum Gasteiger partial charge on any atom is 0.0473 e. The summed E-state index contributed by atoms with van der Waals surface area (Å²) < 4.78 is 0. The number of nitrogens with two attached hydrogens (primary N) is 1. The average Bonchev–Trinajstić information content (AvgIpc) is 3.28. The van der Waals surface area contributed by atoms with Gasteiger partial charge in [0, 0.05) is 18.6 Å². The van der Waals surface area contributed by atoms with E-state index in [-0.39, 0.29) is 0 Å². The minimum atomic E-state index is 0.360. The molecule has 1 saturated carbocycles. The molecule has 0 aromatic heterocycles. The number of hydrogen-bond donors (Lipinski definition) is 1. The summed E-state index contributed by atoms with van der Waals surface area (Å²) in [7, 11) is 0. The Balaban J connectivity index is 2.21. The molecular weight excluding hydrogens is 232 g/mol. The largest absolute Gasteiger partial charge is 0.329 e. The first-order valence-electron chi connectivity index (χ1n) is 7.76. The van der Waals surface area contributed by atoms with Crippen LogP contribution in [0.15, 0.2) is 24.3 Å². The van der Waals surface area contributed by atoms with E-state index >= 15 is 0 Å². The lowest BCUT2D eigenvalue weighted by Crippen LogP contribution is -2.39. The first-order valence-corrected chi connectivity index (χ1v) is 7.76. The monoisotopic (exact) mass is 260 g/mol. The molecule has 1 aliphatic rings. The van der Waals surface area contributed by atoms with E-state index in [1.54, 1.807) is 0 Å². The predicted molar refractivity (Wildman–Crippen MR) is 82.3 cm³/mol. The highest BCUT2D eigenvalue weighted by Crippen LogP contribution is 2.40. The van der Waals surface area contributed by atoms with Gasteiger partial charge in [0.2, 0.25) is 0 Å². The summed E-state index contributed by atoms with van der Waals surface area (Å²) in [5.74, 6) is 0.817. The molecule has 1 aliphatic carbocycles. The van der Waals surface area contributed by atoms with Crippen LogP contribution < -0.4 is 5.73 Å². The van der Waals surface area contributed by atoms with Crippen LogP contribution in [0.1, 0.15) is 63.1 Å². The summed E-state index contributed by atoms with van der Waals surface area (Å²) in [6, 6.07) is 10.1. The van der Waals surface area contributed by atoms with Crippen LogP contribution in [0.4, 0.5) is 0 Å². The molecule has 19 heavy (non-hydrogen) atoms. The first kappa shape index (κ1) is 14.5. The molecule has 0 amide bonds. The van der Waals surface area contributed by atoms with Crippen LogP contribution in [0, 0.1) is 0 Å². The molecule has 1 aromatic rings. The molecule has 1 fully saturated rings. The van der Waals surface area contributed by atoms with Gasteiger partial charge in [0.1, 0.15) is 0 Å². The topological polar surface area (TPSA) is 29.3 Å². The van der Waals surface area contributed by atoms with Gasteiger partial charge in [0.25, 0.3) is 0 Å². The molecule has 0 saturated heterocycles. The molecule has 2 heteroatoms. The smallest absolute Gasteiger partial charge is 0.0473 e. The van der Waals surface area contributed by atoms with E-state index in [0.717, 1.165) is 12.5 Å². The van der Waals surface area contributed by atoms with Gasteiger partial charge in [-0.2, -0.15) is 0 Å². The van der Waals surface area contributed by atoms with Crippen LogP contribution in [0.25, 0.3) is 0 Å². The maximum absolute atomic E-state index is 6.07. The third-order valence-electron chi connectivity index (χ3n) is 4.49. The molecule has 2 rings (SSSR count). The Labute approximate surface area is 118 Å². The quantitative estimate of drug-likeness (QED) is 0.810. The summed E-state index contributed by atoms with van der Waals surface area (Å²) in [5.41, 5.74) is 8.98. The summed E-state index contributed by atoms with van der Waals surface area (Å²) >= 11 is 0. The molecule has 0 aliphatic heterocycles. The molecule has 2 atom stereocenters. The number of nitrogens with zero attached hydrogens (tertiary/aromatic N) is 1. The minimum absolute atomic E-state index is 0.360. The number of benzene rings is 1. The van der Waals surface area contributed by atoms with Gasteiger partial charge in [0.15, 0.2) is 0 Å².